The van der Waals surface area contributed by atoms with Crippen molar-refractivity contribution in [1.29, 1.82) is 0 Å². The zero-order valence-electron chi connectivity index (χ0n) is 14.1. The minimum atomic E-state index is 0.758. The van der Waals surface area contributed by atoms with Crippen LogP contribution in [0, 0.1) is 11.8 Å². The Labute approximate surface area is 159 Å². The molecule has 0 amide bonds. The van der Waals surface area contributed by atoms with Crippen LogP contribution in [0.1, 0.15) is 30.4 Å². The van der Waals surface area contributed by atoms with Crippen LogP contribution in [0.4, 0.5) is 0 Å². The second-order valence-electron chi connectivity index (χ2n) is 6.48. The van der Waals surface area contributed by atoms with Gasteiger partial charge in [-0.05, 0) is 61.8 Å². The number of allylic oxidation sites excluding steroid dienone is 1. The fourth-order valence-electron chi connectivity index (χ4n) is 3.31. The highest BCUT2D eigenvalue weighted by atomic mass is 35.5. The summed E-state index contributed by atoms with van der Waals surface area (Å²) < 4.78 is 0. The first-order valence-corrected chi connectivity index (χ1v) is 9.99. The van der Waals surface area contributed by atoms with Crippen molar-refractivity contribution in [3.8, 4) is 11.8 Å². The summed E-state index contributed by atoms with van der Waals surface area (Å²) in [7, 11) is 0. The standard InChI is InChI=1S/C22H20ClNS/c23-19-10-11-22-20(16-19)17(8-6-14-24-12-4-1-5-13-24)15-18-7-2-3-9-21(18)25-22/h2-3,7,9-11,15-16H,1,4-5,12-14H2. The number of fused-ring (bicyclic) bond motifs is 2. The minimum absolute atomic E-state index is 0.758. The summed E-state index contributed by atoms with van der Waals surface area (Å²) in [6, 6.07) is 14.6. The van der Waals surface area contributed by atoms with Gasteiger partial charge in [-0.15, -0.1) is 0 Å². The number of rotatable bonds is 1. The third kappa shape index (κ3) is 3.96. The number of halogens is 1. The molecule has 2 heterocycles. The lowest BCUT2D eigenvalue weighted by atomic mass is 10.0. The Balaban J connectivity index is 1.69. The summed E-state index contributed by atoms with van der Waals surface area (Å²) in [6.45, 7) is 3.20. The van der Waals surface area contributed by atoms with Crippen molar-refractivity contribution in [2.24, 2.45) is 0 Å². The number of likely N-dealkylation sites (tertiary alicyclic amines) is 1. The van der Waals surface area contributed by atoms with E-state index in [1.54, 1.807) is 11.8 Å². The topological polar surface area (TPSA) is 3.24 Å². The molecule has 2 aliphatic heterocycles. The average Bonchev–Trinajstić information content (AvgIpc) is 2.79. The molecular formula is C22H20ClNS. The highest BCUT2D eigenvalue weighted by molar-refractivity contribution is 7.99. The largest absolute Gasteiger partial charge is 0.292 e. The molecule has 0 spiro atoms. The van der Waals surface area contributed by atoms with Gasteiger partial charge in [0.2, 0.25) is 0 Å². The van der Waals surface area contributed by atoms with Crippen molar-refractivity contribution in [1.82, 2.24) is 4.90 Å². The summed E-state index contributed by atoms with van der Waals surface area (Å²) in [6.07, 6.45) is 6.16. The van der Waals surface area contributed by atoms with E-state index >= 15 is 0 Å². The quantitative estimate of drug-likeness (QED) is 0.584. The summed E-state index contributed by atoms with van der Waals surface area (Å²) in [4.78, 5) is 4.93. The number of benzene rings is 2. The molecular weight excluding hydrogens is 346 g/mol. The van der Waals surface area contributed by atoms with Gasteiger partial charge >= 0.3 is 0 Å². The zero-order valence-corrected chi connectivity index (χ0v) is 15.7. The molecule has 0 atom stereocenters. The predicted octanol–water partition coefficient (Wildman–Crippen LogP) is 5.83. The van der Waals surface area contributed by atoms with Gasteiger partial charge in [-0.25, -0.2) is 0 Å². The smallest absolute Gasteiger partial charge is 0.0605 e. The van der Waals surface area contributed by atoms with Crippen LogP contribution in [-0.4, -0.2) is 24.5 Å². The van der Waals surface area contributed by atoms with Crippen molar-refractivity contribution in [2.45, 2.75) is 29.1 Å². The molecule has 0 unspecified atom stereocenters. The molecule has 1 nitrogen and oxygen atoms in total. The lowest BCUT2D eigenvalue weighted by Crippen LogP contribution is -2.29. The van der Waals surface area contributed by atoms with E-state index in [4.69, 9.17) is 11.6 Å². The van der Waals surface area contributed by atoms with Gasteiger partial charge in [0.1, 0.15) is 0 Å². The first kappa shape index (κ1) is 16.8. The fourth-order valence-corrected chi connectivity index (χ4v) is 4.53. The van der Waals surface area contributed by atoms with Crippen LogP contribution in [0.2, 0.25) is 5.02 Å². The molecule has 2 aromatic rings. The van der Waals surface area contributed by atoms with E-state index in [2.05, 4.69) is 53.1 Å². The number of piperidine rings is 1. The van der Waals surface area contributed by atoms with E-state index < -0.39 is 0 Å². The Morgan fingerprint density at radius 2 is 1.84 bits per heavy atom. The number of hydrogen-bond donors (Lipinski definition) is 0. The molecule has 0 aromatic heterocycles. The maximum Gasteiger partial charge on any atom is 0.0605 e. The zero-order chi connectivity index (χ0) is 17.1. The van der Waals surface area contributed by atoms with Gasteiger partial charge in [0.05, 0.1) is 6.54 Å². The molecule has 1 fully saturated rings. The van der Waals surface area contributed by atoms with E-state index in [0.29, 0.717) is 0 Å². The molecule has 0 aliphatic carbocycles. The highest BCUT2D eigenvalue weighted by Gasteiger charge is 2.15. The van der Waals surface area contributed by atoms with Crippen LogP contribution >= 0.6 is 23.4 Å². The van der Waals surface area contributed by atoms with Gasteiger partial charge < -0.3 is 0 Å². The van der Waals surface area contributed by atoms with Gasteiger partial charge in [0, 0.05) is 26.0 Å². The van der Waals surface area contributed by atoms with Crippen molar-refractivity contribution < 1.29 is 0 Å². The normalized spacial score (nSPS) is 16.8. The van der Waals surface area contributed by atoms with Crippen LogP contribution in [0.15, 0.2) is 52.3 Å². The summed E-state index contributed by atoms with van der Waals surface area (Å²) in [5, 5.41) is 0.758. The third-order valence-corrected chi connectivity index (χ3v) is 6.05. The van der Waals surface area contributed by atoms with E-state index in [0.717, 1.165) is 22.7 Å². The lowest BCUT2D eigenvalue weighted by molar-refractivity contribution is 0.255. The van der Waals surface area contributed by atoms with Gasteiger partial charge in [-0.3, -0.25) is 4.90 Å². The van der Waals surface area contributed by atoms with Gasteiger partial charge in [-0.2, -0.15) is 0 Å². The molecule has 2 aliphatic rings. The molecule has 3 heteroatoms. The monoisotopic (exact) mass is 365 g/mol. The Bertz CT molecular complexity index is 869. The maximum absolute atomic E-state index is 6.27. The predicted molar refractivity (Wildman–Crippen MR) is 108 cm³/mol. The summed E-state index contributed by atoms with van der Waals surface area (Å²) in [5.74, 6) is 6.83. The Morgan fingerprint density at radius 3 is 2.72 bits per heavy atom. The SMILES string of the molecule is Clc1ccc2c(c1)C(C#CCN1CCCCC1)=Cc1ccccc1S2. The van der Waals surface area contributed by atoms with Crippen molar-refractivity contribution in [2.75, 3.05) is 19.6 Å². The second-order valence-corrected chi connectivity index (χ2v) is 8.00. The molecule has 25 heavy (non-hydrogen) atoms. The van der Waals surface area contributed by atoms with Gasteiger partial charge in [0.25, 0.3) is 0 Å². The third-order valence-electron chi connectivity index (χ3n) is 4.64. The second kappa shape index (κ2) is 7.70. The van der Waals surface area contributed by atoms with E-state index in [1.165, 1.54) is 47.7 Å². The summed E-state index contributed by atoms with van der Waals surface area (Å²) in [5.41, 5.74) is 3.42. The number of hydrogen-bond acceptors (Lipinski definition) is 2. The Morgan fingerprint density at radius 1 is 1.00 bits per heavy atom. The van der Waals surface area contributed by atoms with Crippen LogP contribution in [-0.2, 0) is 0 Å². The van der Waals surface area contributed by atoms with E-state index in [1.807, 2.05) is 12.1 Å². The molecule has 4 rings (SSSR count). The molecule has 0 N–H and O–H groups in total. The molecule has 0 radical (unpaired) electrons. The number of nitrogens with zero attached hydrogens (tertiary/aromatic N) is 1. The van der Waals surface area contributed by atoms with E-state index in [-0.39, 0.29) is 0 Å². The molecule has 0 bridgehead atoms. The fraction of sp³-hybridized carbons (Fsp3) is 0.273. The minimum Gasteiger partial charge on any atom is -0.292 e. The summed E-state index contributed by atoms with van der Waals surface area (Å²) >= 11 is 8.06. The van der Waals surface area contributed by atoms with E-state index in [9.17, 15) is 0 Å². The highest BCUT2D eigenvalue weighted by Crippen LogP contribution is 2.41. The van der Waals surface area contributed by atoms with Crippen LogP contribution in [0.3, 0.4) is 0 Å². The Hall–Kier alpha value is -1.66. The molecule has 2 aromatic carbocycles. The Kier molecular flexibility index (Phi) is 5.17. The van der Waals surface area contributed by atoms with Crippen molar-refractivity contribution >= 4 is 35.0 Å². The lowest BCUT2D eigenvalue weighted by Gasteiger charge is -2.23. The first-order chi connectivity index (χ1) is 12.3. The van der Waals surface area contributed by atoms with Crippen LogP contribution in [0.25, 0.3) is 11.6 Å². The first-order valence-electron chi connectivity index (χ1n) is 8.79. The maximum atomic E-state index is 6.27. The molecule has 126 valence electrons. The van der Waals surface area contributed by atoms with Gasteiger partial charge in [-0.1, -0.05) is 59.8 Å². The van der Waals surface area contributed by atoms with Crippen molar-refractivity contribution in [3.05, 3.63) is 58.6 Å². The average molecular weight is 366 g/mol. The molecule has 0 saturated carbocycles. The van der Waals surface area contributed by atoms with Crippen molar-refractivity contribution in [3.63, 3.8) is 0 Å². The van der Waals surface area contributed by atoms with Crippen LogP contribution in [0.5, 0.6) is 0 Å². The van der Waals surface area contributed by atoms with Crippen LogP contribution < -0.4 is 0 Å². The van der Waals surface area contributed by atoms with Gasteiger partial charge in [0.15, 0.2) is 0 Å². The molecule has 1 saturated heterocycles.